The summed E-state index contributed by atoms with van der Waals surface area (Å²) in [5.74, 6) is -1.20. The van der Waals surface area contributed by atoms with Gasteiger partial charge in [0.05, 0.1) is 12.0 Å². The second-order valence-electron chi connectivity index (χ2n) is 7.87. The quantitative estimate of drug-likeness (QED) is 0.453. The average molecular weight is 476 g/mol. The summed E-state index contributed by atoms with van der Waals surface area (Å²) in [6.07, 6.45) is 2.51. The largest absolute Gasteiger partial charge is 0.490 e. The van der Waals surface area contributed by atoms with E-state index in [-0.39, 0.29) is 42.3 Å². The molecule has 0 saturated heterocycles. The van der Waals surface area contributed by atoms with Crippen LogP contribution in [0.3, 0.4) is 0 Å². The first-order valence-corrected chi connectivity index (χ1v) is 10.9. The second kappa shape index (κ2) is 12.0. The number of halogens is 2. The Morgan fingerprint density at radius 3 is 1.74 bits per heavy atom. The molecule has 0 aromatic heterocycles. The number of benzene rings is 2. The predicted molar refractivity (Wildman–Crippen MR) is 118 cm³/mol. The zero-order valence-corrected chi connectivity index (χ0v) is 18.3. The SMILES string of the molecule is O=C(NCCNC(=O)c1ccc(OC2CCC(C(=O)O)CC2)cc1)c1ccc(OC(F)F)cc1. The summed E-state index contributed by atoms with van der Waals surface area (Å²) < 4.78 is 34.5. The molecule has 3 rings (SSSR count). The lowest BCUT2D eigenvalue weighted by Gasteiger charge is -2.26. The standard InChI is InChI=1S/C24H26F2N2O6/c25-24(26)34-20-9-3-16(4-10-20)22(30)28-14-13-27-21(29)15-1-7-18(8-2-15)33-19-11-5-17(6-12-19)23(31)32/h1-4,7-10,17,19,24H,5-6,11-14H2,(H,27,29)(H,28,30)(H,31,32). The number of alkyl halides is 2. The van der Waals surface area contributed by atoms with Gasteiger partial charge in [0.2, 0.25) is 0 Å². The summed E-state index contributed by atoms with van der Waals surface area (Å²) in [7, 11) is 0. The average Bonchev–Trinajstić information content (AvgIpc) is 2.82. The number of carboxylic acids is 1. The number of nitrogens with one attached hydrogen (secondary N) is 2. The molecule has 1 aliphatic carbocycles. The lowest BCUT2D eigenvalue weighted by molar-refractivity contribution is -0.143. The molecule has 2 amide bonds. The van der Waals surface area contributed by atoms with E-state index in [4.69, 9.17) is 9.84 Å². The van der Waals surface area contributed by atoms with E-state index in [1.165, 1.54) is 24.3 Å². The van der Waals surface area contributed by atoms with Gasteiger partial charge in [0.15, 0.2) is 0 Å². The van der Waals surface area contributed by atoms with Gasteiger partial charge in [-0.2, -0.15) is 8.78 Å². The van der Waals surface area contributed by atoms with Crippen molar-refractivity contribution in [3.63, 3.8) is 0 Å². The number of amides is 2. The number of carbonyl (C=O) groups is 3. The second-order valence-corrected chi connectivity index (χ2v) is 7.87. The van der Waals surface area contributed by atoms with Crippen LogP contribution in [0.25, 0.3) is 0 Å². The van der Waals surface area contributed by atoms with Gasteiger partial charge in [0.1, 0.15) is 11.5 Å². The summed E-state index contributed by atoms with van der Waals surface area (Å²) >= 11 is 0. The molecule has 0 spiro atoms. The van der Waals surface area contributed by atoms with Crippen LogP contribution in [0.5, 0.6) is 11.5 Å². The fourth-order valence-electron chi connectivity index (χ4n) is 3.65. The van der Waals surface area contributed by atoms with Gasteiger partial charge in [0, 0.05) is 24.2 Å². The van der Waals surface area contributed by atoms with Crippen molar-refractivity contribution in [2.24, 2.45) is 5.92 Å². The Balaban J connectivity index is 1.37. The van der Waals surface area contributed by atoms with Gasteiger partial charge in [-0.3, -0.25) is 14.4 Å². The molecule has 0 unspecified atom stereocenters. The molecule has 2 aromatic rings. The molecular formula is C24H26F2N2O6. The summed E-state index contributed by atoms with van der Waals surface area (Å²) in [5, 5.41) is 14.4. The third kappa shape index (κ3) is 7.43. The molecule has 3 N–H and O–H groups in total. The highest BCUT2D eigenvalue weighted by Crippen LogP contribution is 2.28. The van der Waals surface area contributed by atoms with E-state index >= 15 is 0 Å². The van der Waals surface area contributed by atoms with Crippen molar-refractivity contribution in [2.75, 3.05) is 13.1 Å². The van der Waals surface area contributed by atoms with Crippen LogP contribution in [0.1, 0.15) is 46.4 Å². The van der Waals surface area contributed by atoms with Crippen molar-refractivity contribution >= 4 is 17.8 Å². The number of carbonyl (C=O) groups excluding carboxylic acids is 2. The number of aliphatic carboxylic acids is 1. The van der Waals surface area contributed by atoms with Gasteiger partial charge in [-0.1, -0.05) is 0 Å². The first-order valence-electron chi connectivity index (χ1n) is 10.9. The van der Waals surface area contributed by atoms with Crippen LogP contribution >= 0.6 is 0 Å². The van der Waals surface area contributed by atoms with Crippen LogP contribution < -0.4 is 20.1 Å². The van der Waals surface area contributed by atoms with Crippen LogP contribution in [-0.2, 0) is 4.79 Å². The molecular weight excluding hydrogens is 450 g/mol. The van der Waals surface area contributed by atoms with Crippen molar-refractivity contribution in [1.82, 2.24) is 10.6 Å². The van der Waals surface area contributed by atoms with Gasteiger partial charge >= 0.3 is 12.6 Å². The van der Waals surface area contributed by atoms with Crippen molar-refractivity contribution in [3.05, 3.63) is 59.7 Å². The fourth-order valence-corrected chi connectivity index (χ4v) is 3.65. The third-order valence-corrected chi connectivity index (χ3v) is 5.48. The highest BCUT2D eigenvalue weighted by atomic mass is 19.3. The van der Waals surface area contributed by atoms with E-state index in [2.05, 4.69) is 15.4 Å². The van der Waals surface area contributed by atoms with Crippen LogP contribution in [0, 0.1) is 5.92 Å². The van der Waals surface area contributed by atoms with Crippen molar-refractivity contribution in [1.29, 1.82) is 0 Å². The minimum Gasteiger partial charge on any atom is -0.490 e. The molecule has 1 fully saturated rings. The molecule has 10 heteroatoms. The molecule has 0 bridgehead atoms. The summed E-state index contributed by atoms with van der Waals surface area (Å²) in [6, 6.07) is 11.9. The topological polar surface area (TPSA) is 114 Å². The molecule has 1 saturated carbocycles. The van der Waals surface area contributed by atoms with Crippen LogP contribution in [0.2, 0.25) is 0 Å². The first-order chi connectivity index (χ1) is 16.3. The van der Waals surface area contributed by atoms with Gasteiger partial charge < -0.3 is 25.2 Å². The lowest BCUT2D eigenvalue weighted by atomic mass is 9.87. The number of ether oxygens (including phenoxy) is 2. The molecule has 182 valence electrons. The molecule has 0 radical (unpaired) electrons. The molecule has 34 heavy (non-hydrogen) atoms. The molecule has 0 aliphatic heterocycles. The number of hydrogen-bond donors (Lipinski definition) is 3. The van der Waals surface area contributed by atoms with Gasteiger partial charge in [-0.05, 0) is 74.2 Å². The monoisotopic (exact) mass is 476 g/mol. The predicted octanol–water partition coefficient (Wildman–Crippen LogP) is 3.47. The Morgan fingerprint density at radius 1 is 0.824 bits per heavy atom. The molecule has 1 aliphatic rings. The zero-order chi connectivity index (χ0) is 24.5. The highest BCUT2D eigenvalue weighted by Gasteiger charge is 2.26. The van der Waals surface area contributed by atoms with Gasteiger partial charge in [0.25, 0.3) is 11.8 Å². The zero-order valence-electron chi connectivity index (χ0n) is 18.3. The van der Waals surface area contributed by atoms with E-state index < -0.39 is 18.5 Å². The van der Waals surface area contributed by atoms with Crippen LogP contribution in [0.4, 0.5) is 8.78 Å². The molecule has 2 aromatic carbocycles. The maximum atomic E-state index is 12.3. The maximum Gasteiger partial charge on any atom is 0.387 e. The van der Waals surface area contributed by atoms with E-state index in [0.717, 1.165) is 0 Å². The Bertz CT molecular complexity index is 974. The first kappa shape index (κ1) is 24.9. The minimum absolute atomic E-state index is 0.0353. The third-order valence-electron chi connectivity index (χ3n) is 5.48. The number of hydrogen-bond acceptors (Lipinski definition) is 5. The summed E-state index contributed by atoms with van der Waals surface area (Å²) in [5.41, 5.74) is 0.711. The highest BCUT2D eigenvalue weighted by molar-refractivity contribution is 5.95. The van der Waals surface area contributed by atoms with E-state index in [1.807, 2.05) is 0 Å². The van der Waals surface area contributed by atoms with Gasteiger partial charge in [-0.15, -0.1) is 0 Å². The summed E-state index contributed by atoms with van der Waals surface area (Å²) in [6.45, 7) is -2.56. The molecule has 0 heterocycles. The Kier molecular flexibility index (Phi) is 8.78. The Morgan fingerprint density at radius 2 is 1.29 bits per heavy atom. The van der Waals surface area contributed by atoms with Crippen molar-refractivity contribution in [2.45, 2.75) is 38.4 Å². The molecule has 8 nitrogen and oxygen atoms in total. The van der Waals surface area contributed by atoms with Gasteiger partial charge in [-0.25, -0.2) is 0 Å². The van der Waals surface area contributed by atoms with Crippen molar-refractivity contribution < 1.29 is 37.7 Å². The maximum absolute atomic E-state index is 12.3. The van der Waals surface area contributed by atoms with E-state index in [9.17, 15) is 23.2 Å². The van der Waals surface area contributed by atoms with Crippen LogP contribution in [-0.4, -0.2) is 48.7 Å². The molecule has 0 atom stereocenters. The number of carboxylic acid groups (broad SMARTS) is 1. The van der Waals surface area contributed by atoms with Crippen molar-refractivity contribution in [3.8, 4) is 11.5 Å². The summed E-state index contributed by atoms with van der Waals surface area (Å²) in [4.78, 5) is 35.4. The van der Waals surface area contributed by atoms with E-state index in [1.54, 1.807) is 24.3 Å². The van der Waals surface area contributed by atoms with E-state index in [0.29, 0.717) is 37.0 Å². The smallest absolute Gasteiger partial charge is 0.387 e. The lowest BCUT2D eigenvalue weighted by Crippen LogP contribution is -2.34. The van der Waals surface area contributed by atoms with Crippen LogP contribution in [0.15, 0.2) is 48.5 Å². The normalized spacial score (nSPS) is 17.6. The minimum atomic E-state index is -2.93. The Hall–Kier alpha value is -3.69. The fraction of sp³-hybridized carbons (Fsp3) is 0.375. The Labute approximate surface area is 195 Å². The number of rotatable bonds is 10.